The standard InChI is InChI=1S/C7H11IO4/c8-5-3(1-9)6(10)4-2-11-7(5)12-4/h3-7,9-10H,1-2H2/p+1/t3?,4-,5+,6+,7?/m1/s1. The first kappa shape index (κ1) is 9.14. The highest BCUT2D eigenvalue weighted by molar-refractivity contribution is 14.1. The highest BCUT2D eigenvalue weighted by atomic mass is 127. The van der Waals surface area contributed by atoms with E-state index in [4.69, 9.17) is 9.84 Å². The Balaban J connectivity index is 2.14. The third-order valence-corrected chi connectivity index (χ3v) is 4.03. The lowest BCUT2D eigenvalue weighted by Gasteiger charge is -2.31. The molecule has 2 fully saturated rings. The molecule has 2 rings (SSSR count). The van der Waals surface area contributed by atoms with E-state index in [2.05, 4.69) is 27.3 Å². The van der Waals surface area contributed by atoms with Crippen LogP contribution in [0.1, 0.15) is 0 Å². The van der Waals surface area contributed by atoms with Crippen LogP contribution in [0.2, 0.25) is 0 Å². The number of halogens is 1. The zero-order valence-electron chi connectivity index (χ0n) is 6.43. The molecule has 4 nitrogen and oxygen atoms in total. The van der Waals surface area contributed by atoms with Gasteiger partial charge in [-0.1, -0.05) is 22.6 Å². The molecule has 70 valence electrons. The smallest absolute Gasteiger partial charge is 0.277 e. The number of rotatable bonds is 1. The van der Waals surface area contributed by atoms with Crippen molar-refractivity contribution in [1.82, 2.24) is 0 Å². The van der Waals surface area contributed by atoms with E-state index in [-0.39, 0.29) is 28.8 Å². The van der Waals surface area contributed by atoms with Crippen LogP contribution in [0.3, 0.4) is 0 Å². The van der Waals surface area contributed by atoms with Gasteiger partial charge >= 0.3 is 0 Å². The molecule has 0 aromatic heterocycles. The fourth-order valence-electron chi connectivity index (χ4n) is 1.72. The first-order valence-corrected chi connectivity index (χ1v) is 5.23. The molecular formula is C7H12IO4+. The molecule has 0 aromatic rings. The maximum Gasteiger partial charge on any atom is 0.277 e. The van der Waals surface area contributed by atoms with Gasteiger partial charge in [0.15, 0.2) is 12.7 Å². The molecule has 2 heterocycles. The van der Waals surface area contributed by atoms with Gasteiger partial charge in [-0.15, -0.1) is 0 Å². The van der Waals surface area contributed by atoms with Crippen LogP contribution < -0.4 is 0 Å². The van der Waals surface area contributed by atoms with Crippen LogP contribution in [0.15, 0.2) is 0 Å². The fourth-order valence-corrected chi connectivity index (χ4v) is 2.77. The quantitative estimate of drug-likeness (QED) is 0.370. The van der Waals surface area contributed by atoms with Crippen molar-refractivity contribution in [3.63, 3.8) is 0 Å². The second-order valence-corrected chi connectivity index (χ2v) is 4.65. The summed E-state index contributed by atoms with van der Waals surface area (Å²) in [5, 5.41) is 18.7. The average molecular weight is 287 g/mol. The topological polar surface area (TPSA) is 62.5 Å². The normalized spacial score (nSPS) is 52.8. The summed E-state index contributed by atoms with van der Waals surface area (Å²) in [6.45, 7) is 0.586. The SMILES string of the molecule is OCC1[C@H](I)C2O[C@H](C[OH+]2)[C@H]1O. The van der Waals surface area contributed by atoms with Crippen molar-refractivity contribution in [1.29, 1.82) is 0 Å². The van der Waals surface area contributed by atoms with E-state index in [0.29, 0.717) is 6.61 Å². The fraction of sp³-hybridized carbons (Fsp3) is 1.00. The second-order valence-electron chi connectivity index (χ2n) is 3.21. The van der Waals surface area contributed by atoms with Crippen molar-refractivity contribution >= 4 is 22.6 Å². The molecule has 0 radical (unpaired) electrons. The van der Waals surface area contributed by atoms with E-state index in [0.717, 1.165) is 0 Å². The van der Waals surface area contributed by atoms with Crippen molar-refractivity contribution in [2.24, 2.45) is 5.92 Å². The summed E-state index contributed by atoms with van der Waals surface area (Å²) in [6.07, 6.45) is -0.853. The van der Waals surface area contributed by atoms with E-state index < -0.39 is 6.10 Å². The Morgan fingerprint density at radius 3 is 3.00 bits per heavy atom. The summed E-state index contributed by atoms with van der Waals surface area (Å²) >= 11 is 2.18. The molecule has 12 heavy (non-hydrogen) atoms. The van der Waals surface area contributed by atoms with Crippen LogP contribution in [0.5, 0.6) is 0 Å². The third kappa shape index (κ3) is 1.27. The lowest BCUT2D eigenvalue weighted by Crippen LogP contribution is -2.49. The van der Waals surface area contributed by atoms with Gasteiger partial charge in [0.25, 0.3) is 6.29 Å². The Morgan fingerprint density at radius 1 is 1.58 bits per heavy atom. The average Bonchev–Trinajstić information content (AvgIpc) is 2.48. The molecule has 0 saturated carbocycles. The molecule has 2 aliphatic heterocycles. The largest absolute Gasteiger partial charge is 0.407 e. The highest BCUT2D eigenvalue weighted by Crippen LogP contribution is 2.34. The molecule has 5 atom stereocenters. The zero-order chi connectivity index (χ0) is 8.72. The van der Waals surface area contributed by atoms with Crippen LogP contribution in [-0.4, -0.2) is 50.6 Å². The molecule has 0 aromatic carbocycles. The molecule has 2 aliphatic rings. The van der Waals surface area contributed by atoms with Gasteiger partial charge in [-0.25, -0.2) is 0 Å². The monoisotopic (exact) mass is 287 g/mol. The lowest BCUT2D eigenvalue weighted by molar-refractivity contribution is -0.189. The van der Waals surface area contributed by atoms with Crippen LogP contribution >= 0.6 is 22.6 Å². The predicted octanol–water partition coefficient (Wildman–Crippen LogP) is -0.974. The summed E-state index contributed by atoms with van der Waals surface area (Å²) in [7, 11) is 0. The third-order valence-electron chi connectivity index (χ3n) is 2.49. The van der Waals surface area contributed by atoms with Crippen LogP contribution in [-0.2, 0) is 4.74 Å². The summed E-state index contributed by atoms with van der Waals surface area (Å²) in [5.41, 5.74) is 0. The summed E-state index contributed by atoms with van der Waals surface area (Å²) < 4.78 is 9.74. The molecule has 5 heteroatoms. The van der Waals surface area contributed by atoms with E-state index in [1.54, 1.807) is 0 Å². The number of aliphatic hydroxyl groups is 4. The molecule has 0 aliphatic carbocycles. The van der Waals surface area contributed by atoms with E-state index in [9.17, 15) is 5.11 Å². The minimum absolute atomic E-state index is 0.0145. The molecule has 3 N–H and O–H groups in total. The van der Waals surface area contributed by atoms with Crippen molar-refractivity contribution < 1.29 is 19.7 Å². The van der Waals surface area contributed by atoms with E-state index in [1.165, 1.54) is 0 Å². The molecular weight excluding hydrogens is 275 g/mol. The van der Waals surface area contributed by atoms with Gasteiger partial charge < -0.3 is 14.9 Å². The minimum atomic E-state index is -0.556. The summed E-state index contributed by atoms with van der Waals surface area (Å²) in [6, 6.07) is 0. The van der Waals surface area contributed by atoms with E-state index >= 15 is 0 Å². The van der Waals surface area contributed by atoms with Gasteiger partial charge in [0.1, 0.15) is 3.92 Å². The number of ether oxygens (including phenoxy) is 2. The van der Waals surface area contributed by atoms with Crippen molar-refractivity contribution in [3.8, 4) is 0 Å². The number of hydrogen-bond donors (Lipinski definition) is 2. The number of hydrogen-bond acceptors (Lipinski definition) is 3. The summed E-state index contributed by atoms with van der Waals surface area (Å²) in [5.74, 6) is -0.0828. The molecule has 2 unspecified atom stereocenters. The Hall–Kier alpha value is 0.570. The van der Waals surface area contributed by atoms with Crippen molar-refractivity contribution in [2.45, 2.75) is 22.4 Å². The van der Waals surface area contributed by atoms with Crippen LogP contribution in [0, 0.1) is 5.92 Å². The first-order valence-electron chi connectivity index (χ1n) is 3.99. The first-order chi connectivity index (χ1) is 5.74. The Bertz CT molecular complexity index is 161. The van der Waals surface area contributed by atoms with Gasteiger partial charge in [0, 0.05) is 12.5 Å². The highest BCUT2D eigenvalue weighted by Gasteiger charge is 2.52. The second kappa shape index (κ2) is 3.38. The molecule has 2 bridgehead atoms. The van der Waals surface area contributed by atoms with Crippen LogP contribution in [0.25, 0.3) is 0 Å². The Morgan fingerprint density at radius 2 is 2.33 bits per heavy atom. The maximum absolute atomic E-state index is 9.68. The minimum Gasteiger partial charge on any atom is -0.407 e. The molecule has 0 spiro atoms. The van der Waals surface area contributed by atoms with E-state index in [1.807, 2.05) is 0 Å². The van der Waals surface area contributed by atoms with Gasteiger partial charge in [-0.05, 0) is 0 Å². The molecule has 2 saturated heterocycles. The van der Waals surface area contributed by atoms with Crippen molar-refractivity contribution in [2.75, 3.05) is 13.2 Å². The van der Waals surface area contributed by atoms with Gasteiger partial charge in [-0.3, -0.25) is 4.74 Å². The Kier molecular flexibility index (Phi) is 2.57. The lowest BCUT2D eigenvalue weighted by atomic mass is 9.94. The number of aliphatic hydroxyl groups excluding tert-OH is 2. The number of alkyl halides is 1. The number of fused-ring (bicyclic) bond motifs is 2. The molecule has 0 amide bonds. The van der Waals surface area contributed by atoms with Gasteiger partial charge in [0.2, 0.25) is 0 Å². The zero-order valence-corrected chi connectivity index (χ0v) is 8.59. The van der Waals surface area contributed by atoms with Crippen molar-refractivity contribution in [3.05, 3.63) is 0 Å². The Labute approximate surface area is 84.0 Å². The van der Waals surface area contributed by atoms with Gasteiger partial charge in [-0.2, -0.15) is 0 Å². The van der Waals surface area contributed by atoms with Crippen LogP contribution in [0.4, 0.5) is 0 Å². The van der Waals surface area contributed by atoms with Gasteiger partial charge in [0.05, 0.1) is 6.10 Å². The summed E-state index contributed by atoms with van der Waals surface area (Å²) in [4.78, 5) is 0. The predicted molar refractivity (Wildman–Crippen MR) is 50.1 cm³/mol. The maximum atomic E-state index is 9.68.